The van der Waals surface area contributed by atoms with Gasteiger partial charge in [0.15, 0.2) is 0 Å². The zero-order chi connectivity index (χ0) is 15.5. The average molecular weight is 287 g/mol. The molecule has 1 N–H and O–H groups in total. The fourth-order valence-electron chi connectivity index (χ4n) is 2.77. The topological polar surface area (TPSA) is 12.0 Å². The van der Waals surface area contributed by atoms with Gasteiger partial charge < -0.3 is 5.32 Å². The molecular weight excluding hydrogens is 266 g/mol. The van der Waals surface area contributed by atoms with Crippen LogP contribution >= 0.6 is 0 Å². The van der Waals surface area contributed by atoms with Gasteiger partial charge in [0, 0.05) is 0 Å². The first-order chi connectivity index (χ1) is 10.6. The van der Waals surface area contributed by atoms with Crippen LogP contribution in [0.25, 0.3) is 16.7 Å². The Bertz CT molecular complexity index is 748. The molecule has 0 amide bonds. The minimum atomic E-state index is 0.196. The summed E-state index contributed by atoms with van der Waals surface area (Å²) in [6.45, 7) is 8.30. The summed E-state index contributed by atoms with van der Waals surface area (Å²) in [5.74, 6) is 0. The summed E-state index contributed by atoms with van der Waals surface area (Å²) in [6.07, 6.45) is 8.27. The van der Waals surface area contributed by atoms with E-state index in [0.29, 0.717) is 0 Å². The van der Waals surface area contributed by atoms with Crippen molar-refractivity contribution in [2.24, 2.45) is 0 Å². The number of nitrogens with one attached hydrogen (secondary N) is 1. The molecule has 0 fully saturated rings. The van der Waals surface area contributed by atoms with Gasteiger partial charge in [0.1, 0.15) is 0 Å². The molecular formula is C21H21N. The van der Waals surface area contributed by atoms with E-state index in [-0.39, 0.29) is 6.04 Å². The number of hydrogen-bond donors (Lipinski definition) is 1. The summed E-state index contributed by atoms with van der Waals surface area (Å²) in [7, 11) is 0. The van der Waals surface area contributed by atoms with Crippen molar-refractivity contribution in [2.75, 3.05) is 0 Å². The second kappa shape index (κ2) is 6.07. The van der Waals surface area contributed by atoms with Gasteiger partial charge >= 0.3 is 0 Å². The van der Waals surface area contributed by atoms with E-state index in [1.165, 1.54) is 27.8 Å². The van der Waals surface area contributed by atoms with Crippen LogP contribution in [0.3, 0.4) is 0 Å². The zero-order valence-corrected chi connectivity index (χ0v) is 13.1. The quantitative estimate of drug-likeness (QED) is 0.796. The van der Waals surface area contributed by atoms with Crippen LogP contribution in [-0.4, -0.2) is 0 Å². The van der Waals surface area contributed by atoms with Crippen LogP contribution in [0.4, 0.5) is 0 Å². The smallest absolute Gasteiger partial charge is 0.0701 e. The lowest BCUT2D eigenvalue weighted by Crippen LogP contribution is -2.16. The maximum absolute atomic E-state index is 4.12. The minimum absolute atomic E-state index is 0.196. The van der Waals surface area contributed by atoms with E-state index in [1.54, 1.807) is 0 Å². The number of benzene rings is 2. The highest BCUT2D eigenvalue weighted by molar-refractivity contribution is 5.72. The summed E-state index contributed by atoms with van der Waals surface area (Å²) < 4.78 is 0. The van der Waals surface area contributed by atoms with Crippen molar-refractivity contribution in [1.29, 1.82) is 0 Å². The molecule has 0 spiro atoms. The van der Waals surface area contributed by atoms with Crippen LogP contribution in [0.15, 0.2) is 73.5 Å². The lowest BCUT2D eigenvalue weighted by molar-refractivity contribution is 0.744. The van der Waals surface area contributed by atoms with Crippen LogP contribution in [-0.2, 0) is 0 Å². The first-order valence-electron chi connectivity index (χ1n) is 7.61. The van der Waals surface area contributed by atoms with Gasteiger partial charge in [-0.15, -0.1) is 0 Å². The Kier molecular flexibility index (Phi) is 3.97. The maximum Gasteiger partial charge on any atom is 0.0701 e. The molecule has 1 aliphatic heterocycles. The molecule has 0 aliphatic carbocycles. The molecule has 1 unspecified atom stereocenters. The van der Waals surface area contributed by atoms with Crippen molar-refractivity contribution in [1.82, 2.24) is 5.32 Å². The average Bonchev–Trinajstić information content (AvgIpc) is 2.56. The molecule has 1 heterocycles. The molecule has 22 heavy (non-hydrogen) atoms. The molecule has 0 radical (unpaired) electrons. The van der Waals surface area contributed by atoms with Crippen molar-refractivity contribution in [2.45, 2.75) is 19.9 Å². The van der Waals surface area contributed by atoms with E-state index in [0.717, 1.165) is 5.57 Å². The van der Waals surface area contributed by atoms with Gasteiger partial charge in [0.2, 0.25) is 0 Å². The molecule has 0 saturated carbocycles. The maximum atomic E-state index is 4.12. The van der Waals surface area contributed by atoms with E-state index in [1.807, 2.05) is 12.3 Å². The van der Waals surface area contributed by atoms with E-state index in [4.69, 9.17) is 0 Å². The highest BCUT2D eigenvalue weighted by atomic mass is 14.9. The van der Waals surface area contributed by atoms with Crippen molar-refractivity contribution in [3.63, 3.8) is 0 Å². The minimum Gasteiger partial charge on any atom is -0.381 e. The Balaban J connectivity index is 2.07. The largest absolute Gasteiger partial charge is 0.381 e. The fraction of sp³-hybridized carbons (Fsp3) is 0.143. The molecule has 1 heteroatoms. The SMILES string of the molecule is C=C(C)c1ccc(-c2ccc(C)cc2)cc1C1C=CC=CN1. The van der Waals surface area contributed by atoms with Crippen molar-refractivity contribution in [3.8, 4) is 11.1 Å². The lowest BCUT2D eigenvalue weighted by Gasteiger charge is -2.21. The predicted molar refractivity (Wildman–Crippen MR) is 95.5 cm³/mol. The molecule has 0 saturated heterocycles. The van der Waals surface area contributed by atoms with E-state index >= 15 is 0 Å². The van der Waals surface area contributed by atoms with E-state index in [9.17, 15) is 0 Å². The molecule has 0 bridgehead atoms. The lowest BCUT2D eigenvalue weighted by atomic mass is 9.91. The summed E-state index contributed by atoms with van der Waals surface area (Å²) in [5.41, 5.74) is 7.35. The monoisotopic (exact) mass is 287 g/mol. The summed E-state index contributed by atoms with van der Waals surface area (Å²) >= 11 is 0. The van der Waals surface area contributed by atoms with Crippen molar-refractivity contribution >= 4 is 5.57 Å². The van der Waals surface area contributed by atoms with Gasteiger partial charge in [-0.2, -0.15) is 0 Å². The number of hydrogen-bond acceptors (Lipinski definition) is 1. The standard InChI is InChI=1S/C21H21N/c1-15(2)19-12-11-18(17-9-7-16(3)8-10-17)14-20(19)21-6-4-5-13-22-21/h4-14,21-22H,1H2,2-3H3. The van der Waals surface area contributed by atoms with Crippen LogP contribution in [0.1, 0.15) is 29.7 Å². The van der Waals surface area contributed by atoms with E-state index in [2.05, 4.69) is 80.4 Å². The highest BCUT2D eigenvalue weighted by Crippen LogP contribution is 2.31. The molecule has 110 valence electrons. The Morgan fingerprint density at radius 1 is 1.00 bits per heavy atom. The molecule has 3 rings (SSSR count). The van der Waals surface area contributed by atoms with Gasteiger partial charge in [-0.05, 0) is 54.4 Å². The molecule has 0 aromatic heterocycles. The first-order valence-corrected chi connectivity index (χ1v) is 7.61. The van der Waals surface area contributed by atoms with Gasteiger partial charge in [-0.25, -0.2) is 0 Å². The Morgan fingerprint density at radius 3 is 2.36 bits per heavy atom. The number of allylic oxidation sites excluding steroid dienone is 3. The van der Waals surface area contributed by atoms with Gasteiger partial charge in [-0.3, -0.25) is 0 Å². The van der Waals surface area contributed by atoms with Gasteiger partial charge in [0.25, 0.3) is 0 Å². The van der Waals surface area contributed by atoms with Crippen LogP contribution < -0.4 is 5.32 Å². The molecule has 1 atom stereocenters. The number of aryl methyl sites for hydroxylation is 1. The summed E-state index contributed by atoms with van der Waals surface area (Å²) in [4.78, 5) is 0. The summed E-state index contributed by atoms with van der Waals surface area (Å²) in [6, 6.07) is 15.5. The first kappa shape index (κ1) is 14.4. The van der Waals surface area contributed by atoms with Gasteiger partial charge in [-0.1, -0.05) is 66.3 Å². The zero-order valence-electron chi connectivity index (χ0n) is 13.1. The van der Waals surface area contributed by atoms with Crippen molar-refractivity contribution in [3.05, 3.63) is 90.2 Å². The van der Waals surface area contributed by atoms with Gasteiger partial charge in [0.05, 0.1) is 6.04 Å². The third-order valence-electron chi connectivity index (χ3n) is 4.02. The Labute approximate surface area is 132 Å². The Hall–Kier alpha value is -2.54. The summed E-state index contributed by atoms with van der Waals surface area (Å²) in [5, 5.41) is 3.41. The van der Waals surface area contributed by atoms with Crippen molar-refractivity contribution < 1.29 is 0 Å². The third-order valence-corrected chi connectivity index (χ3v) is 4.02. The Morgan fingerprint density at radius 2 is 1.73 bits per heavy atom. The normalized spacial score (nSPS) is 16.4. The molecule has 1 aliphatic rings. The van der Waals surface area contributed by atoms with Crippen LogP contribution in [0.2, 0.25) is 0 Å². The molecule has 2 aromatic rings. The fourth-order valence-corrected chi connectivity index (χ4v) is 2.77. The number of rotatable bonds is 3. The molecule has 2 aromatic carbocycles. The highest BCUT2D eigenvalue weighted by Gasteiger charge is 2.14. The second-order valence-electron chi connectivity index (χ2n) is 5.84. The second-order valence-corrected chi connectivity index (χ2v) is 5.84. The van der Waals surface area contributed by atoms with Crippen LogP contribution in [0, 0.1) is 6.92 Å². The molecule has 1 nitrogen and oxygen atoms in total. The third kappa shape index (κ3) is 2.89. The van der Waals surface area contributed by atoms with E-state index < -0.39 is 0 Å². The number of dihydropyridines is 1. The van der Waals surface area contributed by atoms with Crippen LogP contribution in [0.5, 0.6) is 0 Å². The predicted octanol–water partition coefficient (Wildman–Crippen LogP) is 5.41.